The number of hydrogen-bond donors (Lipinski definition) is 1. The minimum atomic E-state index is 0.699. The van der Waals surface area contributed by atoms with Crippen LogP contribution in [0.1, 0.15) is 4.88 Å². The molecule has 0 aliphatic rings. The summed E-state index contributed by atoms with van der Waals surface area (Å²) in [5.74, 6) is 0. The van der Waals surface area contributed by atoms with Crippen LogP contribution in [-0.2, 0) is 6.54 Å². The molecule has 3 rings (SSSR count). The molecular weight excluding hydrogens is 296 g/mol. The first kappa shape index (κ1) is 12.7. The first-order valence-corrected chi connectivity index (χ1v) is 7.91. The van der Waals surface area contributed by atoms with Gasteiger partial charge < -0.3 is 5.32 Å². The van der Waals surface area contributed by atoms with Gasteiger partial charge in [-0.2, -0.15) is 0 Å². The lowest BCUT2D eigenvalue weighted by atomic mass is 10.2. The molecule has 96 valence electrons. The van der Waals surface area contributed by atoms with E-state index in [9.17, 15) is 0 Å². The van der Waals surface area contributed by atoms with E-state index in [1.54, 1.807) is 41.1 Å². The second kappa shape index (κ2) is 5.74. The number of anilines is 1. The minimum Gasteiger partial charge on any atom is -0.378 e. The van der Waals surface area contributed by atoms with E-state index in [0.29, 0.717) is 5.02 Å². The molecule has 0 radical (unpaired) electrons. The van der Waals surface area contributed by atoms with Crippen LogP contribution in [0.5, 0.6) is 0 Å². The maximum atomic E-state index is 6.08. The molecule has 0 unspecified atom stereocenters. The molecule has 0 fully saturated rings. The van der Waals surface area contributed by atoms with Gasteiger partial charge in [-0.15, -0.1) is 22.7 Å². The zero-order chi connectivity index (χ0) is 13.1. The van der Waals surface area contributed by atoms with Crippen molar-refractivity contribution in [1.82, 2.24) is 4.98 Å². The molecule has 0 aliphatic heterocycles. The first-order chi connectivity index (χ1) is 9.33. The third-order valence-corrected chi connectivity index (χ3v) is 4.87. The van der Waals surface area contributed by atoms with Crippen molar-refractivity contribution in [2.45, 2.75) is 6.54 Å². The van der Waals surface area contributed by atoms with Crippen molar-refractivity contribution in [2.24, 2.45) is 0 Å². The van der Waals surface area contributed by atoms with Crippen molar-refractivity contribution in [2.75, 3.05) is 5.32 Å². The highest BCUT2D eigenvalue weighted by Crippen LogP contribution is 2.30. The molecule has 3 heterocycles. The van der Waals surface area contributed by atoms with Gasteiger partial charge in [0.05, 0.1) is 16.9 Å². The normalized spacial score (nSPS) is 10.6. The highest BCUT2D eigenvalue weighted by molar-refractivity contribution is 7.14. The summed E-state index contributed by atoms with van der Waals surface area (Å²) in [6.07, 6.45) is 3.43. The minimum absolute atomic E-state index is 0.699. The summed E-state index contributed by atoms with van der Waals surface area (Å²) in [4.78, 5) is 6.65. The van der Waals surface area contributed by atoms with E-state index in [-0.39, 0.29) is 0 Å². The molecule has 0 aromatic carbocycles. The van der Waals surface area contributed by atoms with Gasteiger partial charge in [-0.05, 0) is 29.0 Å². The van der Waals surface area contributed by atoms with Gasteiger partial charge in [-0.3, -0.25) is 4.98 Å². The highest BCUT2D eigenvalue weighted by atomic mass is 35.5. The average Bonchev–Trinajstić information content (AvgIpc) is 3.09. The number of nitrogens with one attached hydrogen (secondary N) is 1. The Kier molecular flexibility index (Phi) is 3.82. The van der Waals surface area contributed by atoms with Gasteiger partial charge >= 0.3 is 0 Å². The molecule has 2 nitrogen and oxygen atoms in total. The number of hydrogen-bond acceptors (Lipinski definition) is 4. The third-order valence-electron chi connectivity index (χ3n) is 2.68. The maximum Gasteiger partial charge on any atom is 0.0718 e. The Balaban J connectivity index is 1.70. The van der Waals surface area contributed by atoms with E-state index in [1.807, 2.05) is 0 Å². The van der Waals surface area contributed by atoms with Gasteiger partial charge in [0.25, 0.3) is 0 Å². The second-order valence-corrected chi connectivity index (χ2v) is 6.34. The van der Waals surface area contributed by atoms with Crippen molar-refractivity contribution < 1.29 is 0 Å². The van der Waals surface area contributed by atoms with E-state index in [0.717, 1.165) is 12.2 Å². The van der Waals surface area contributed by atoms with E-state index in [1.165, 1.54) is 15.3 Å². The molecule has 0 spiro atoms. The third kappa shape index (κ3) is 2.97. The Labute approximate surface area is 124 Å². The SMILES string of the molecule is Clc1ccncc1NCc1cc(-c2cccs2)cs1. The number of thiophene rings is 2. The molecular formula is C14H11ClN2S2. The Morgan fingerprint density at radius 2 is 2.21 bits per heavy atom. The second-order valence-electron chi connectivity index (χ2n) is 3.99. The van der Waals surface area contributed by atoms with Crippen LogP contribution >= 0.6 is 34.3 Å². The van der Waals surface area contributed by atoms with Gasteiger partial charge in [-0.25, -0.2) is 0 Å². The summed E-state index contributed by atoms with van der Waals surface area (Å²) in [5, 5.41) is 8.29. The lowest BCUT2D eigenvalue weighted by molar-refractivity contribution is 1.17. The van der Waals surface area contributed by atoms with E-state index < -0.39 is 0 Å². The summed E-state index contributed by atoms with van der Waals surface area (Å²) in [5.41, 5.74) is 2.16. The van der Waals surface area contributed by atoms with E-state index in [4.69, 9.17) is 11.6 Å². The fraction of sp³-hybridized carbons (Fsp3) is 0.0714. The molecule has 1 N–H and O–H groups in total. The maximum absolute atomic E-state index is 6.08. The quantitative estimate of drug-likeness (QED) is 0.722. The van der Waals surface area contributed by atoms with Gasteiger partial charge in [0.15, 0.2) is 0 Å². The summed E-state index contributed by atoms with van der Waals surface area (Å²) in [7, 11) is 0. The number of halogens is 1. The van der Waals surface area contributed by atoms with Crippen molar-refractivity contribution in [1.29, 1.82) is 0 Å². The summed E-state index contributed by atoms with van der Waals surface area (Å²) >= 11 is 9.59. The Morgan fingerprint density at radius 1 is 1.26 bits per heavy atom. The lowest BCUT2D eigenvalue weighted by Gasteiger charge is -2.05. The van der Waals surface area contributed by atoms with E-state index in [2.05, 4.69) is 39.3 Å². The Bertz CT molecular complexity index is 662. The molecule has 0 amide bonds. The fourth-order valence-corrected chi connectivity index (χ4v) is 3.52. The van der Waals surface area contributed by atoms with Crippen molar-refractivity contribution in [3.05, 3.63) is 57.3 Å². The number of rotatable bonds is 4. The van der Waals surface area contributed by atoms with Gasteiger partial charge in [0, 0.05) is 28.1 Å². The molecule has 19 heavy (non-hydrogen) atoms. The van der Waals surface area contributed by atoms with Crippen LogP contribution < -0.4 is 5.32 Å². The summed E-state index contributed by atoms with van der Waals surface area (Å²) in [6.45, 7) is 0.765. The van der Waals surface area contributed by atoms with Gasteiger partial charge in [0.2, 0.25) is 0 Å². The van der Waals surface area contributed by atoms with Crippen LogP contribution in [0.2, 0.25) is 5.02 Å². The molecule has 0 saturated heterocycles. The van der Waals surface area contributed by atoms with Crippen molar-refractivity contribution >= 4 is 40.0 Å². The molecule has 0 saturated carbocycles. The van der Waals surface area contributed by atoms with Crippen LogP contribution in [0.4, 0.5) is 5.69 Å². The molecule has 0 bridgehead atoms. The monoisotopic (exact) mass is 306 g/mol. The molecule has 3 aromatic heterocycles. The molecule has 3 aromatic rings. The van der Waals surface area contributed by atoms with Crippen LogP contribution in [-0.4, -0.2) is 4.98 Å². The lowest BCUT2D eigenvalue weighted by Crippen LogP contribution is -1.98. The van der Waals surface area contributed by atoms with Crippen LogP contribution in [0.25, 0.3) is 10.4 Å². The van der Waals surface area contributed by atoms with Gasteiger partial charge in [0.1, 0.15) is 0 Å². The topological polar surface area (TPSA) is 24.9 Å². The molecule has 0 atom stereocenters. The zero-order valence-electron chi connectivity index (χ0n) is 9.97. The standard InChI is InChI=1S/C14H11ClN2S2/c15-12-3-4-16-8-13(12)17-7-11-6-10(9-19-11)14-2-1-5-18-14/h1-6,8-9,17H,7H2. The van der Waals surface area contributed by atoms with Gasteiger partial charge in [-0.1, -0.05) is 17.7 Å². The fourth-order valence-electron chi connectivity index (χ4n) is 1.74. The first-order valence-electron chi connectivity index (χ1n) is 5.77. The van der Waals surface area contributed by atoms with Crippen molar-refractivity contribution in [3.63, 3.8) is 0 Å². The number of aromatic nitrogens is 1. The van der Waals surface area contributed by atoms with E-state index >= 15 is 0 Å². The number of pyridine rings is 1. The summed E-state index contributed by atoms with van der Waals surface area (Å²) in [6, 6.07) is 8.22. The Morgan fingerprint density at radius 3 is 3.00 bits per heavy atom. The molecule has 0 aliphatic carbocycles. The van der Waals surface area contributed by atoms with Crippen molar-refractivity contribution in [3.8, 4) is 10.4 Å². The smallest absolute Gasteiger partial charge is 0.0718 e. The van der Waals surface area contributed by atoms with Crippen LogP contribution in [0.3, 0.4) is 0 Å². The number of nitrogens with zero attached hydrogens (tertiary/aromatic N) is 1. The average molecular weight is 307 g/mol. The Hall–Kier alpha value is -1.36. The molecule has 5 heteroatoms. The highest BCUT2D eigenvalue weighted by Gasteiger charge is 2.04. The summed E-state index contributed by atoms with van der Waals surface area (Å²) < 4.78 is 0. The largest absolute Gasteiger partial charge is 0.378 e. The predicted molar refractivity (Wildman–Crippen MR) is 84.2 cm³/mol. The van der Waals surface area contributed by atoms with Crippen LogP contribution in [0, 0.1) is 0 Å². The zero-order valence-corrected chi connectivity index (χ0v) is 12.4. The van der Waals surface area contributed by atoms with Crippen LogP contribution in [0.15, 0.2) is 47.4 Å². The predicted octanol–water partition coefficient (Wildman–Crippen LogP) is 5.14.